The molecule has 1 amide bonds. The van der Waals surface area contributed by atoms with Crippen molar-refractivity contribution < 1.29 is 31.9 Å². The number of aromatic nitrogens is 2. The van der Waals surface area contributed by atoms with Crippen LogP contribution in [0.3, 0.4) is 0 Å². The first-order valence-electron chi connectivity index (χ1n) is 8.14. The number of likely N-dealkylation sites (tertiary alicyclic amines) is 1. The fraction of sp³-hybridized carbons (Fsp3) is 0.667. The van der Waals surface area contributed by atoms with Gasteiger partial charge in [-0.05, 0) is 20.2 Å². The first-order chi connectivity index (χ1) is 12.4. The molecule has 1 aromatic heterocycles. The van der Waals surface area contributed by atoms with Crippen molar-refractivity contribution in [1.29, 1.82) is 0 Å². The lowest BCUT2D eigenvalue weighted by Crippen LogP contribution is -2.38. The number of carboxylic acid groups (broad SMARTS) is 1. The van der Waals surface area contributed by atoms with E-state index in [4.69, 9.17) is 9.90 Å². The smallest absolute Gasteiger partial charge is 0.300 e. The summed E-state index contributed by atoms with van der Waals surface area (Å²) < 4.78 is 49.7. The highest BCUT2D eigenvalue weighted by molar-refractivity contribution is 7.92. The van der Waals surface area contributed by atoms with Crippen LogP contribution in [0.25, 0.3) is 0 Å². The minimum Gasteiger partial charge on any atom is -0.481 e. The van der Waals surface area contributed by atoms with Gasteiger partial charge in [-0.3, -0.25) is 14.7 Å². The van der Waals surface area contributed by atoms with Gasteiger partial charge in [0.15, 0.2) is 15.5 Å². The Morgan fingerprint density at radius 2 is 1.96 bits per heavy atom. The maximum atomic E-state index is 12.6. The number of hydrogen-bond donors (Lipinski definition) is 2. The van der Waals surface area contributed by atoms with Crippen LogP contribution in [0, 0.1) is 5.92 Å². The first-order valence-corrected chi connectivity index (χ1v) is 9.85. The fourth-order valence-electron chi connectivity index (χ4n) is 3.45. The van der Waals surface area contributed by atoms with Crippen molar-refractivity contribution in [3.05, 3.63) is 17.5 Å². The third-order valence-corrected chi connectivity index (χ3v) is 6.90. The Balaban J connectivity index is 0.000000596. The molecule has 0 radical (unpaired) electrons. The first kappa shape index (κ1) is 21.2. The van der Waals surface area contributed by atoms with Gasteiger partial charge in [0, 0.05) is 32.0 Å². The molecule has 2 aliphatic heterocycles. The molecule has 152 valence electrons. The number of halogens is 2. The second kappa shape index (κ2) is 7.89. The number of carbonyl (C=O) groups is 2. The standard InChI is InChI=1S/C13H18F2N4O3S.C2H4O2/c1-18(2)10-6-23(21,22)11-5-19(4-7(10)11)13(20)9-3-8(12(14)15)16-17-9;1-2(3)4/h3,7,10-12H,4-6H2,1-2H3,(H,16,17);1H3,(H,3,4)/t7-,10+,11-;/m0./s1. The van der Waals surface area contributed by atoms with Crippen LogP contribution in [0.1, 0.15) is 29.5 Å². The number of alkyl halides is 2. The molecule has 2 fully saturated rings. The van der Waals surface area contributed by atoms with Crippen LogP contribution < -0.4 is 0 Å². The van der Waals surface area contributed by atoms with Gasteiger partial charge in [0.2, 0.25) is 0 Å². The largest absolute Gasteiger partial charge is 0.481 e. The number of carboxylic acids is 1. The lowest BCUT2D eigenvalue weighted by molar-refractivity contribution is -0.134. The van der Waals surface area contributed by atoms with Crippen LogP contribution in [-0.2, 0) is 14.6 Å². The zero-order chi connectivity index (χ0) is 20.5. The topological polar surface area (TPSA) is 124 Å². The molecule has 2 saturated heterocycles. The molecule has 3 atom stereocenters. The molecular weight excluding hydrogens is 386 g/mol. The van der Waals surface area contributed by atoms with Gasteiger partial charge in [-0.25, -0.2) is 17.2 Å². The number of H-pyrrole nitrogens is 1. The van der Waals surface area contributed by atoms with Gasteiger partial charge in [0.25, 0.3) is 18.3 Å². The van der Waals surface area contributed by atoms with E-state index in [0.29, 0.717) is 6.54 Å². The summed E-state index contributed by atoms with van der Waals surface area (Å²) in [7, 11) is 0.372. The number of amides is 1. The number of sulfone groups is 1. The summed E-state index contributed by atoms with van der Waals surface area (Å²) in [6.45, 7) is 1.47. The Kier molecular flexibility index (Phi) is 6.20. The van der Waals surface area contributed by atoms with Gasteiger partial charge in [0.05, 0.1) is 11.0 Å². The molecule has 0 aliphatic carbocycles. The molecule has 0 saturated carbocycles. The molecule has 3 rings (SSSR count). The number of carbonyl (C=O) groups excluding carboxylic acids is 1. The van der Waals surface area contributed by atoms with E-state index < -0.39 is 39.1 Å². The summed E-state index contributed by atoms with van der Waals surface area (Å²) in [5, 5.41) is 12.6. The zero-order valence-electron chi connectivity index (χ0n) is 15.1. The van der Waals surface area contributed by atoms with Crippen molar-refractivity contribution in [2.45, 2.75) is 24.6 Å². The molecule has 2 N–H and O–H groups in total. The van der Waals surface area contributed by atoms with E-state index in [1.54, 1.807) is 0 Å². The van der Waals surface area contributed by atoms with E-state index in [0.717, 1.165) is 13.0 Å². The van der Waals surface area contributed by atoms with Crippen molar-refractivity contribution in [2.24, 2.45) is 5.92 Å². The van der Waals surface area contributed by atoms with Gasteiger partial charge >= 0.3 is 0 Å². The van der Waals surface area contributed by atoms with E-state index in [1.807, 2.05) is 19.0 Å². The molecular formula is C15H22F2N4O5S. The van der Waals surface area contributed by atoms with Crippen molar-refractivity contribution in [3.63, 3.8) is 0 Å². The second-order valence-electron chi connectivity index (χ2n) is 6.80. The van der Waals surface area contributed by atoms with Gasteiger partial charge in [-0.1, -0.05) is 0 Å². The van der Waals surface area contributed by atoms with Crippen molar-refractivity contribution in [1.82, 2.24) is 20.0 Å². The predicted molar refractivity (Wildman–Crippen MR) is 91.3 cm³/mol. The van der Waals surface area contributed by atoms with Gasteiger partial charge in [-0.15, -0.1) is 0 Å². The molecule has 0 aromatic carbocycles. The monoisotopic (exact) mass is 408 g/mol. The van der Waals surface area contributed by atoms with Crippen LogP contribution in [-0.4, -0.2) is 89.6 Å². The van der Waals surface area contributed by atoms with Gasteiger partial charge < -0.3 is 14.9 Å². The molecule has 0 unspecified atom stereocenters. The number of aromatic amines is 1. The molecule has 0 spiro atoms. The minimum absolute atomic E-state index is 0.0903. The van der Waals surface area contributed by atoms with E-state index in [1.165, 1.54) is 4.90 Å². The SMILES string of the molecule is CC(=O)O.CN(C)[C@@H]1CS(=O)(=O)[C@H]2CN(C(=O)c3cc(C(F)F)[nH]n3)C[C@@H]12. The van der Waals surface area contributed by atoms with E-state index in [-0.39, 0.29) is 30.0 Å². The quantitative estimate of drug-likeness (QED) is 0.734. The van der Waals surface area contributed by atoms with Crippen LogP contribution in [0.5, 0.6) is 0 Å². The summed E-state index contributed by atoms with van der Waals surface area (Å²) >= 11 is 0. The van der Waals surface area contributed by atoms with Gasteiger partial charge in [0.1, 0.15) is 5.69 Å². The Hall–Kier alpha value is -2.08. The maximum absolute atomic E-state index is 12.6. The molecule has 0 bridgehead atoms. The molecule has 27 heavy (non-hydrogen) atoms. The van der Waals surface area contributed by atoms with Crippen LogP contribution in [0.4, 0.5) is 8.78 Å². The summed E-state index contributed by atoms with van der Waals surface area (Å²) in [6, 6.07) is 0.873. The van der Waals surface area contributed by atoms with Crippen LogP contribution in [0.2, 0.25) is 0 Å². The summed E-state index contributed by atoms with van der Waals surface area (Å²) in [5.41, 5.74) is -0.536. The normalized spacial score (nSPS) is 26.0. The highest BCUT2D eigenvalue weighted by atomic mass is 32.2. The van der Waals surface area contributed by atoms with Crippen LogP contribution >= 0.6 is 0 Å². The van der Waals surface area contributed by atoms with Crippen molar-refractivity contribution >= 4 is 21.7 Å². The van der Waals surface area contributed by atoms with Crippen LogP contribution in [0.15, 0.2) is 6.07 Å². The predicted octanol–water partition coefficient (Wildman–Crippen LogP) is 0.237. The third kappa shape index (κ3) is 4.61. The molecule has 12 heteroatoms. The molecule has 3 heterocycles. The summed E-state index contributed by atoms with van der Waals surface area (Å²) in [4.78, 5) is 24.6. The Morgan fingerprint density at radius 3 is 2.44 bits per heavy atom. The Bertz CT molecular complexity index is 807. The number of nitrogens with zero attached hydrogens (tertiary/aromatic N) is 3. The maximum Gasteiger partial charge on any atom is 0.300 e. The minimum atomic E-state index is -3.26. The van der Waals surface area contributed by atoms with Gasteiger partial charge in [-0.2, -0.15) is 5.10 Å². The number of rotatable bonds is 3. The number of aliphatic carboxylic acids is 1. The average Bonchev–Trinajstić information content (AvgIpc) is 3.22. The third-order valence-electron chi connectivity index (χ3n) is 4.67. The lowest BCUT2D eigenvalue weighted by atomic mass is 10.00. The Labute approximate surface area is 155 Å². The van der Waals surface area contributed by atoms with Crippen molar-refractivity contribution in [2.75, 3.05) is 32.9 Å². The lowest BCUT2D eigenvalue weighted by Gasteiger charge is -2.24. The summed E-state index contributed by atoms with van der Waals surface area (Å²) in [6.07, 6.45) is -2.74. The van der Waals surface area contributed by atoms with E-state index in [2.05, 4.69) is 10.2 Å². The zero-order valence-corrected chi connectivity index (χ0v) is 15.9. The van der Waals surface area contributed by atoms with E-state index >= 15 is 0 Å². The highest BCUT2D eigenvalue weighted by Crippen LogP contribution is 2.36. The fourth-order valence-corrected chi connectivity index (χ4v) is 5.93. The number of nitrogens with one attached hydrogen (secondary N) is 1. The van der Waals surface area contributed by atoms with E-state index in [9.17, 15) is 22.0 Å². The highest BCUT2D eigenvalue weighted by Gasteiger charge is 2.53. The Morgan fingerprint density at radius 1 is 1.37 bits per heavy atom. The molecule has 2 aliphatic rings. The number of hydrogen-bond acceptors (Lipinski definition) is 6. The summed E-state index contributed by atoms with van der Waals surface area (Å²) in [5.74, 6) is -1.42. The molecule has 9 nitrogen and oxygen atoms in total. The average molecular weight is 408 g/mol. The molecule has 1 aromatic rings. The number of fused-ring (bicyclic) bond motifs is 1. The second-order valence-corrected chi connectivity index (χ2v) is 9.07. The van der Waals surface area contributed by atoms with Crippen molar-refractivity contribution in [3.8, 4) is 0 Å².